The van der Waals surface area contributed by atoms with Crippen molar-refractivity contribution in [1.82, 2.24) is 4.90 Å². The van der Waals surface area contributed by atoms with Crippen LogP contribution < -0.4 is 5.32 Å². The van der Waals surface area contributed by atoms with Gasteiger partial charge in [0.2, 0.25) is 0 Å². The van der Waals surface area contributed by atoms with Crippen molar-refractivity contribution in [1.29, 1.82) is 0 Å². The van der Waals surface area contributed by atoms with Crippen LogP contribution >= 0.6 is 0 Å². The number of anilines is 1. The third-order valence-electron chi connectivity index (χ3n) is 4.09. The second-order valence-corrected chi connectivity index (χ2v) is 8.37. The zero-order valence-corrected chi connectivity index (χ0v) is 14.3. The van der Waals surface area contributed by atoms with Crippen LogP contribution in [0, 0.1) is 5.82 Å². The lowest BCUT2D eigenvalue weighted by molar-refractivity contribution is 0.101. The number of Topliss-reactive ketones (excluding diaryl/α,β-unsaturated/α-hetero) is 1. The van der Waals surface area contributed by atoms with E-state index in [1.165, 1.54) is 19.2 Å². The molecule has 1 heterocycles. The molecule has 0 bridgehead atoms. The van der Waals surface area contributed by atoms with Gasteiger partial charge < -0.3 is 10.2 Å². The summed E-state index contributed by atoms with van der Waals surface area (Å²) < 4.78 is 36.2. The molecule has 0 atom stereocenters. The van der Waals surface area contributed by atoms with Gasteiger partial charge >= 0.3 is 0 Å². The van der Waals surface area contributed by atoms with Gasteiger partial charge in [0, 0.05) is 37.6 Å². The molecular weight excluding hydrogens is 319 g/mol. The molecule has 0 aliphatic carbocycles. The zero-order chi connectivity index (χ0) is 17.0. The first-order valence-corrected chi connectivity index (χ1v) is 9.78. The number of nitrogens with zero attached hydrogens (tertiary/aromatic N) is 1. The maximum atomic E-state index is 13.8. The maximum Gasteiger partial charge on any atom is 0.164 e. The highest BCUT2D eigenvalue weighted by atomic mass is 32.2. The van der Waals surface area contributed by atoms with Crippen LogP contribution in [0.25, 0.3) is 0 Å². The van der Waals surface area contributed by atoms with Gasteiger partial charge in [0.05, 0.1) is 11.3 Å². The van der Waals surface area contributed by atoms with E-state index in [1.54, 1.807) is 12.1 Å². The van der Waals surface area contributed by atoms with Crippen LogP contribution in [0.2, 0.25) is 0 Å². The number of carbonyl (C=O) groups is 1. The van der Waals surface area contributed by atoms with E-state index in [4.69, 9.17) is 0 Å². The second kappa shape index (κ2) is 7.40. The van der Waals surface area contributed by atoms with Crippen molar-refractivity contribution in [3.05, 3.63) is 29.6 Å². The lowest BCUT2D eigenvalue weighted by Crippen LogP contribution is -2.41. The number of nitrogens with one attached hydrogen (secondary N) is 1. The highest BCUT2D eigenvalue weighted by molar-refractivity contribution is 7.90. The molecule has 7 heteroatoms. The SMILES string of the molecule is CC(=O)c1c(F)cccc1NC1CCN(CCS(C)(=O)=O)CC1. The molecule has 1 aromatic rings. The van der Waals surface area contributed by atoms with Crippen LogP contribution in [0.15, 0.2) is 18.2 Å². The van der Waals surface area contributed by atoms with Gasteiger partial charge in [-0.05, 0) is 31.9 Å². The Labute approximate surface area is 136 Å². The number of hydrogen-bond acceptors (Lipinski definition) is 5. The fourth-order valence-corrected chi connectivity index (χ4v) is 3.41. The third-order valence-corrected chi connectivity index (χ3v) is 5.02. The van der Waals surface area contributed by atoms with E-state index < -0.39 is 15.7 Å². The molecule has 0 amide bonds. The molecular formula is C16H23FN2O3S. The lowest BCUT2D eigenvalue weighted by Gasteiger charge is -2.33. The maximum absolute atomic E-state index is 13.8. The van der Waals surface area contributed by atoms with Crippen molar-refractivity contribution < 1.29 is 17.6 Å². The Balaban J connectivity index is 1.92. The minimum Gasteiger partial charge on any atom is -0.382 e. The molecule has 128 valence electrons. The smallest absolute Gasteiger partial charge is 0.164 e. The van der Waals surface area contributed by atoms with E-state index >= 15 is 0 Å². The average molecular weight is 342 g/mol. The predicted molar refractivity (Wildman–Crippen MR) is 89.2 cm³/mol. The highest BCUT2D eigenvalue weighted by Gasteiger charge is 2.22. The minimum absolute atomic E-state index is 0.104. The minimum atomic E-state index is -2.94. The summed E-state index contributed by atoms with van der Waals surface area (Å²) in [6, 6.07) is 4.75. The summed E-state index contributed by atoms with van der Waals surface area (Å²) in [6.45, 7) is 3.48. The summed E-state index contributed by atoms with van der Waals surface area (Å²) in [4.78, 5) is 13.7. The molecule has 0 unspecified atom stereocenters. The summed E-state index contributed by atoms with van der Waals surface area (Å²) in [7, 11) is -2.94. The van der Waals surface area contributed by atoms with Crippen molar-refractivity contribution >= 4 is 21.3 Å². The molecule has 1 aromatic carbocycles. The first-order chi connectivity index (χ1) is 10.8. The molecule has 0 spiro atoms. The van der Waals surface area contributed by atoms with Crippen LogP contribution in [-0.2, 0) is 9.84 Å². The Hall–Kier alpha value is -1.47. The van der Waals surface area contributed by atoms with Crippen LogP contribution in [0.4, 0.5) is 10.1 Å². The van der Waals surface area contributed by atoms with Gasteiger partial charge in [0.1, 0.15) is 15.7 Å². The molecule has 1 N–H and O–H groups in total. The monoisotopic (exact) mass is 342 g/mol. The number of hydrogen-bond donors (Lipinski definition) is 1. The standard InChI is InChI=1S/C16H23FN2O3S/c1-12(20)16-14(17)4-3-5-15(16)18-13-6-8-19(9-7-13)10-11-23(2,21)22/h3-5,13,18H,6-11H2,1-2H3. The van der Waals surface area contributed by atoms with Gasteiger partial charge in [-0.2, -0.15) is 0 Å². The molecule has 1 saturated heterocycles. The van der Waals surface area contributed by atoms with Crippen molar-refractivity contribution in [2.45, 2.75) is 25.8 Å². The first-order valence-electron chi connectivity index (χ1n) is 7.72. The molecule has 1 fully saturated rings. The van der Waals surface area contributed by atoms with Gasteiger partial charge in [-0.3, -0.25) is 4.79 Å². The number of carbonyl (C=O) groups excluding carboxylic acids is 1. The zero-order valence-electron chi connectivity index (χ0n) is 13.5. The van der Waals surface area contributed by atoms with Gasteiger partial charge in [0.25, 0.3) is 0 Å². The second-order valence-electron chi connectivity index (χ2n) is 6.11. The number of sulfone groups is 1. The fraction of sp³-hybridized carbons (Fsp3) is 0.562. The average Bonchev–Trinajstić information content (AvgIpc) is 2.45. The summed E-state index contributed by atoms with van der Waals surface area (Å²) >= 11 is 0. The van der Waals surface area contributed by atoms with Gasteiger partial charge in [-0.15, -0.1) is 0 Å². The topological polar surface area (TPSA) is 66.5 Å². The summed E-state index contributed by atoms with van der Waals surface area (Å²) in [5.41, 5.74) is 0.638. The quantitative estimate of drug-likeness (QED) is 0.801. The molecule has 23 heavy (non-hydrogen) atoms. The van der Waals surface area contributed by atoms with E-state index in [0.717, 1.165) is 25.9 Å². The lowest BCUT2D eigenvalue weighted by atomic mass is 10.0. The van der Waals surface area contributed by atoms with Crippen LogP contribution in [-0.4, -0.2) is 56.8 Å². The summed E-state index contributed by atoms with van der Waals surface area (Å²) in [5.74, 6) is -0.631. The van der Waals surface area contributed by atoms with E-state index in [9.17, 15) is 17.6 Å². The van der Waals surface area contributed by atoms with Crippen LogP contribution in [0.5, 0.6) is 0 Å². The number of halogens is 1. The Morgan fingerprint density at radius 3 is 2.57 bits per heavy atom. The van der Waals surface area contributed by atoms with Crippen LogP contribution in [0.1, 0.15) is 30.1 Å². The highest BCUT2D eigenvalue weighted by Crippen LogP contribution is 2.23. The Morgan fingerprint density at radius 2 is 2.00 bits per heavy atom. The molecule has 5 nitrogen and oxygen atoms in total. The Morgan fingerprint density at radius 1 is 1.35 bits per heavy atom. The molecule has 1 aliphatic heterocycles. The normalized spacial score (nSPS) is 17.2. The van der Waals surface area contributed by atoms with E-state index in [2.05, 4.69) is 10.2 Å². The number of likely N-dealkylation sites (tertiary alicyclic amines) is 1. The third kappa shape index (κ3) is 5.28. The Bertz CT molecular complexity index is 668. The first kappa shape index (κ1) is 17.9. The van der Waals surface area contributed by atoms with Crippen molar-refractivity contribution in [2.24, 2.45) is 0 Å². The molecule has 1 aliphatic rings. The summed E-state index contributed by atoms with van der Waals surface area (Å²) in [6.07, 6.45) is 2.91. The number of rotatable bonds is 6. The fourth-order valence-electron chi connectivity index (χ4n) is 2.82. The molecule has 0 saturated carbocycles. The summed E-state index contributed by atoms with van der Waals surface area (Å²) in [5, 5.41) is 3.26. The van der Waals surface area contributed by atoms with E-state index in [0.29, 0.717) is 12.2 Å². The number of piperidine rings is 1. The molecule has 0 radical (unpaired) electrons. The van der Waals surface area contributed by atoms with Crippen molar-refractivity contribution in [3.63, 3.8) is 0 Å². The Kier molecular flexibility index (Phi) is 5.75. The van der Waals surface area contributed by atoms with Crippen molar-refractivity contribution in [2.75, 3.05) is 37.0 Å². The van der Waals surface area contributed by atoms with E-state index in [1.807, 2.05) is 0 Å². The number of benzene rings is 1. The predicted octanol–water partition coefficient (Wildman–Crippen LogP) is 1.95. The van der Waals surface area contributed by atoms with Gasteiger partial charge in [-0.25, -0.2) is 12.8 Å². The molecule has 2 rings (SSSR count). The number of ketones is 1. The van der Waals surface area contributed by atoms with Gasteiger partial charge in [0.15, 0.2) is 5.78 Å². The van der Waals surface area contributed by atoms with Crippen LogP contribution in [0.3, 0.4) is 0 Å². The van der Waals surface area contributed by atoms with E-state index in [-0.39, 0.29) is 23.1 Å². The van der Waals surface area contributed by atoms with Crippen molar-refractivity contribution in [3.8, 4) is 0 Å². The van der Waals surface area contributed by atoms with Gasteiger partial charge in [-0.1, -0.05) is 6.07 Å². The molecule has 0 aromatic heterocycles. The largest absolute Gasteiger partial charge is 0.382 e.